The fourth-order valence-electron chi connectivity index (χ4n) is 2.12. The Morgan fingerprint density at radius 2 is 1.95 bits per heavy atom. The zero-order valence-electron chi connectivity index (χ0n) is 13.3. The number of carbonyl (C=O) groups is 1. The van der Waals surface area contributed by atoms with Crippen LogP contribution >= 0.6 is 0 Å². The maximum atomic E-state index is 12.1. The van der Waals surface area contributed by atoms with Crippen molar-refractivity contribution in [3.05, 3.63) is 23.8 Å². The van der Waals surface area contributed by atoms with Gasteiger partial charge in [0.25, 0.3) is 0 Å². The SMILES string of the molecule is CCOc1ccc(NC(=O)NC(CC)(CC)CO)c(C)c1. The Hall–Kier alpha value is -1.75. The molecule has 118 valence electrons. The second-order valence-electron chi connectivity index (χ2n) is 5.13. The fourth-order valence-corrected chi connectivity index (χ4v) is 2.12. The van der Waals surface area contributed by atoms with Crippen molar-refractivity contribution >= 4 is 11.7 Å². The smallest absolute Gasteiger partial charge is 0.319 e. The standard InChI is InChI=1S/C16H26N2O3/c1-5-16(6-2,11-19)18-15(20)17-14-9-8-13(21-7-3)10-12(14)4/h8-10,19H,5-7,11H2,1-4H3,(H2,17,18,20). The average molecular weight is 294 g/mol. The van der Waals surface area contributed by atoms with Crippen molar-refractivity contribution in [2.45, 2.75) is 46.1 Å². The molecule has 1 aromatic rings. The van der Waals surface area contributed by atoms with E-state index in [2.05, 4.69) is 10.6 Å². The molecule has 21 heavy (non-hydrogen) atoms. The third-order valence-electron chi connectivity index (χ3n) is 3.79. The molecular formula is C16H26N2O3. The number of amides is 2. The summed E-state index contributed by atoms with van der Waals surface area (Å²) in [6, 6.07) is 5.22. The summed E-state index contributed by atoms with van der Waals surface area (Å²) in [4.78, 5) is 12.1. The molecule has 0 spiro atoms. The van der Waals surface area contributed by atoms with Crippen LogP contribution in [0.15, 0.2) is 18.2 Å². The maximum absolute atomic E-state index is 12.1. The van der Waals surface area contributed by atoms with Crippen LogP contribution in [0.5, 0.6) is 5.75 Å². The molecule has 1 rings (SSSR count). The van der Waals surface area contributed by atoms with Gasteiger partial charge in [0.2, 0.25) is 0 Å². The number of anilines is 1. The van der Waals surface area contributed by atoms with E-state index in [1.807, 2.05) is 45.9 Å². The van der Waals surface area contributed by atoms with Crippen LogP contribution in [0.2, 0.25) is 0 Å². The minimum Gasteiger partial charge on any atom is -0.494 e. The highest BCUT2D eigenvalue weighted by molar-refractivity contribution is 5.90. The molecule has 0 aromatic heterocycles. The van der Waals surface area contributed by atoms with Crippen molar-refractivity contribution in [3.8, 4) is 5.75 Å². The molecule has 0 aliphatic heterocycles. The van der Waals surface area contributed by atoms with Crippen LogP contribution in [-0.2, 0) is 0 Å². The first-order chi connectivity index (χ1) is 10.00. The molecule has 0 aliphatic rings. The number of rotatable bonds is 7. The van der Waals surface area contributed by atoms with Gasteiger partial charge in [0.15, 0.2) is 0 Å². The van der Waals surface area contributed by atoms with Gasteiger partial charge in [-0.15, -0.1) is 0 Å². The van der Waals surface area contributed by atoms with Gasteiger partial charge in [-0.25, -0.2) is 4.79 Å². The van der Waals surface area contributed by atoms with Crippen molar-refractivity contribution < 1.29 is 14.6 Å². The molecule has 5 heteroatoms. The summed E-state index contributed by atoms with van der Waals surface area (Å²) in [5.41, 5.74) is 1.09. The van der Waals surface area contributed by atoms with Gasteiger partial charge in [0, 0.05) is 5.69 Å². The molecule has 2 amide bonds. The van der Waals surface area contributed by atoms with E-state index >= 15 is 0 Å². The van der Waals surface area contributed by atoms with Gasteiger partial charge >= 0.3 is 6.03 Å². The Morgan fingerprint density at radius 3 is 2.43 bits per heavy atom. The van der Waals surface area contributed by atoms with Crippen LogP contribution in [0.1, 0.15) is 39.2 Å². The van der Waals surface area contributed by atoms with E-state index in [9.17, 15) is 9.90 Å². The van der Waals surface area contributed by atoms with Crippen molar-refractivity contribution in [2.75, 3.05) is 18.5 Å². The second kappa shape index (κ2) is 7.88. The monoisotopic (exact) mass is 294 g/mol. The van der Waals surface area contributed by atoms with Gasteiger partial charge in [-0.05, 0) is 50.5 Å². The maximum Gasteiger partial charge on any atom is 0.319 e. The number of aryl methyl sites for hydroxylation is 1. The van der Waals surface area contributed by atoms with E-state index in [4.69, 9.17) is 4.74 Å². The highest BCUT2D eigenvalue weighted by Crippen LogP contribution is 2.22. The number of aliphatic hydroxyl groups excluding tert-OH is 1. The van der Waals surface area contributed by atoms with Crippen LogP contribution in [0.3, 0.4) is 0 Å². The Bertz CT molecular complexity index is 462. The number of aliphatic hydroxyl groups is 1. The normalized spacial score (nSPS) is 11.1. The number of carbonyl (C=O) groups excluding carboxylic acids is 1. The van der Waals surface area contributed by atoms with E-state index in [1.54, 1.807) is 0 Å². The minimum atomic E-state index is -0.566. The Balaban J connectivity index is 2.75. The third kappa shape index (κ3) is 4.63. The van der Waals surface area contributed by atoms with Crippen LogP contribution in [0, 0.1) is 6.92 Å². The third-order valence-corrected chi connectivity index (χ3v) is 3.79. The Kier molecular flexibility index (Phi) is 6.49. The zero-order chi connectivity index (χ0) is 15.9. The molecule has 0 aliphatic carbocycles. The van der Waals surface area contributed by atoms with E-state index in [-0.39, 0.29) is 12.6 Å². The highest BCUT2D eigenvalue weighted by Gasteiger charge is 2.27. The minimum absolute atomic E-state index is 0.0737. The van der Waals surface area contributed by atoms with Gasteiger partial charge in [-0.3, -0.25) is 0 Å². The van der Waals surface area contributed by atoms with Gasteiger partial charge < -0.3 is 20.5 Å². The molecule has 0 radical (unpaired) electrons. The number of hydrogen-bond acceptors (Lipinski definition) is 3. The summed E-state index contributed by atoms with van der Waals surface area (Å²) in [5, 5.41) is 15.2. The zero-order valence-corrected chi connectivity index (χ0v) is 13.3. The molecule has 3 N–H and O–H groups in total. The van der Waals surface area contributed by atoms with Gasteiger partial charge in [-0.2, -0.15) is 0 Å². The molecule has 0 heterocycles. The molecule has 1 aromatic carbocycles. The summed E-state index contributed by atoms with van der Waals surface area (Å²) >= 11 is 0. The topological polar surface area (TPSA) is 70.6 Å². The molecular weight excluding hydrogens is 268 g/mol. The molecule has 0 saturated carbocycles. The van der Waals surface area contributed by atoms with Gasteiger partial charge in [0.1, 0.15) is 5.75 Å². The van der Waals surface area contributed by atoms with E-state index < -0.39 is 5.54 Å². The number of hydrogen-bond donors (Lipinski definition) is 3. The predicted octanol–water partition coefficient (Wildman–Crippen LogP) is 3.07. The predicted molar refractivity (Wildman–Crippen MR) is 84.9 cm³/mol. The van der Waals surface area contributed by atoms with Crippen molar-refractivity contribution in [2.24, 2.45) is 0 Å². The van der Waals surface area contributed by atoms with Crippen LogP contribution < -0.4 is 15.4 Å². The van der Waals surface area contributed by atoms with E-state index in [0.717, 1.165) is 17.0 Å². The van der Waals surface area contributed by atoms with E-state index in [0.29, 0.717) is 19.4 Å². The average Bonchev–Trinajstić information content (AvgIpc) is 2.48. The fraction of sp³-hybridized carbons (Fsp3) is 0.562. The molecule has 0 bridgehead atoms. The first-order valence-electron chi connectivity index (χ1n) is 7.43. The number of benzene rings is 1. The molecule has 0 saturated heterocycles. The van der Waals surface area contributed by atoms with Crippen molar-refractivity contribution in [1.29, 1.82) is 0 Å². The number of nitrogens with one attached hydrogen (secondary N) is 2. The second-order valence-corrected chi connectivity index (χ2v) is 5.13. The number of ether oxygens (including phenoxy) is 1. The number of urea groups is 1. The molecule has 0 unspecified atom stereocenters. The first-order valence-corrected chi connectivity index (χ1v) is 7.43. The first kappa shape index (κ1) is 17.3. The lowest BCUT2D eigenvalue weighted by Gasteiger charge is -2.30. The quantitative estimate of drug-likeness (QED) is 0.724. The van der Waals surface area contributed by atoms with Crippen LogP contribution in [-0.4, -0.2) is 29.9 Å². The summed E-state index contributed by atoms with van der Waals surface area (Å²) in [7, 11) is 0. The van der Waals surface area contributed by atoms with Crippen LogP contribution in [0.25, 0.3) is 0 Å². The molecule has 5 nitrogen and oxygen atoms in total. The highest BCUT2D eigenvalue weighted by atomic mass is 16.5. The summed E-state index contributed by atoms with van der Waals surface area (Å²) < 4.78 is 5.42. The molecule has 0 fully saturated rings. The van der Waals surface area contributed by atoms with E-state index in [1.165, 1.54) is 0 Å². The summed E-state index contributed by atoms with van der Waals surface area (Å²) in [6.45, 7) is 8.27. The summed E-state index contributed by atoms with van der Waals surface area (Å²) in [5.74, 6) is 0.785. The lowest BCUT2D eigenvalue weighted by atomic mass is 9.94. The Labute approximate surface area is 126 Å². The lowest BCUT2D eigenvalue weighted by molar-refractivity contribution is 0.155. The van der Waals surface area contributed by atoms with Crippen LogP contribution in [0.4, 0.5) is 10.5 Å². The van der Waals surface area contributed by atoms with Crippen molar-refractivity contribution in [3.63, 3.8) is 0 Å². The van der Waals surface area contributed by atoms with Gasteiger partial charge in [-0.1, -0.05) is 13.8 Å². The Morgan fingerprint density at radius 1 is 1.29 bits per heavy atom. The lowest BCUT2D eigenvalue weighted by Crippen LogP contribution is -2.52. The molecule has 0 atom stereocenters. The largest absolute Gasteiger partial charge is 0.494 e. The summed E-state index contributed by atoms with van der Waals surface area (Å²) in [6.07, 6.45) is 1.35. The van der Waals surface area contributed by atoms with Gasteiger partial charge in [0.05, 0.1) is 18.8 Å². The van der Waals surface area contributed by atoms with Crippen molar-refractivity contribution in [1.82, 2.24) is 5.32 Å².